The van der Waals surface area contributed by atoms with E-state index in [9.17, 15) is 14.9 Å². The van der Waals surface area contributed by atoms with Crippen molar-refractivity contribution in [3.05, 3.63) is 145 Å². The molecular weight excluding hydrogens is 580 g/mol. The Labute approximate surface area is 266 Å². The molecule has 0 fully saturated rings. The van der Waals surface area contributed by atoms with Crippen molar-refractivity contribution in [1.29, 1.82) is 5.26 Å². The van der Waals surface area contributed by atoms with Crippen LogP contribution in [0.15, 0.2) is 107 Å². The van der Waals surface area contributed by atoms with Gasteiger partial charge >= 0.3 is 0 Å². The summed E-state index contributed by atoms with van der Waals surface area (Å²) >= 11 is 6.53. The van der Waals surface area contributed by atoms with Gasteiger partial charge in [-0.2, -0.15) is 5.26 Å². The molecule has 0 amide bonds. The molecule has 0 aliphatic carbocycles. The van der Waals surface area contributed by atoms with Crippen LogP contribution in [0.3, 0.4) is 0 Å². The fourth-order valence-corrected chi connectivity index (χ4v) is 6.40. The van der Waals surface area contributed by atoms with Crippen LogP contribution in [0, 0.1) is 11.3 Å². The second kappa shape index (κ2) is 11.2. The van der Waals surface area contributed by atoms with Crippen molar-refractivity contribution in [2.45, 2.75) is 51.9 Å². The number of benzene rings is 3. The van der Waals surface area contributed by atoms with E-state index in [0.29, 0.717) is 39.3 Å². The summed E-state index contributed by atoms with van der Waals surface area (Å²) in [6.45, 7) is 10.4. The van der Waals surface area contributed by atoms with Gasteiger partial charge in [0.05, 0.1) is 22.0 Å². The highest BCUT2D eigenvalue weighted by Crippen LogP contribution is 2.34. The van der Waals surface area contributed by atoms with Crippen LogP contribution >= 0.6 is 11.6 Å². The zero-order valence-electron chi connectivity index (χ0n) is 25.9. The van der Waals surface area contributed by atoms with E-state index in [2.05, 4.69) is 37.9 Å². The van der Waals surface area contributed by atoms with Gasteiger partial charge in [0, 0.05) is 39.5 Å². The summed E-state index contributed by atoms with van der Waals surface area (Å²) in [6.07, 6.45) is 2.07. The lowest BCUT2D eigenvalue weighted by molar-refractivity contribution is 0.489. The monoisotopic (exact) mass is 612 g/mol. The molecule has 0 saturated carbocycles. The molecule has 0 aliphatic heterocycles. The first-order valence-corrected chi connectivity index (χ1v) is 15.2. The van der Waals surface area contributed by atoms with Crippen molar-refractivity contribution < 1.29 is 0 Å². The number of halogens is 1. The molecule has 6 aromatic rings. The quantitative estimate of drug-likeness (QED) is 0.197. The fourth-order valence-electron chi connectivity index (χ4n) is 6.14. The largest absolute Gasteiger partial charge is 0.280 e. The molecule has 0 saturated heterocycles. The number of pyridine rings is 3. The predicted molar refractivity (Wildman–Crippen MR) is 182 cm³/mol. The number of hydrogen-bond donors (Lipinski definition) is 0. The minimum atomic E-state index is -0.654. The van der Waals surface area contributed by atoms with E-state index >= 15 is 0 Å². The molecule has 0 spiro atoms. The lowest BCUT2D eigenvalue weighted by atomic mass is 9.80. The lowest BCUT2D eigenvalue weighted by Gasteiger charge is -2.30. The first-order chi connectivity index (χ1) is 21.4. The maximum atomic E-state index is 14.1. The summed E-state index contributed by atoms with van der Waals surface area (Å²) < 4.78 is 3.39. The third-order valence-electron chi connectivity index (χ3n) is 8.36. The van der Waals surface area contributed by atoms with Crippen molar-refractivity contribution in [2.24, 2.45) is 0 Å². The molecule has 6 nitrogen and oxygen atoms in total. The fraction of sp³-hybridized carbons (Fsp3) is 0.211. The van der Waals surface area contributed by atoms with E-state index in [1.807, 2.05) is 74.5 Å². The van der Waals surface area contributed by atoms with E-state index in [4.69, 9.17) is 11.6 Å². The normalized spacial score (nSPS) is 12.0. The van der Waals surface area contributed by atoms with Crippen LogP contribution in [0.4, 0.5) is 0 Å². The highest BCUT2D eigenvalue weighted by atomic mass is 35.5. The lowest BCUT2D eigenvalue weighted by Crippen LogP contribution is -2.33. The molecule has 3 aromatic heterocycles. The Balaban J connectivity index is 1.56. The van der Waals surface area contributed by atoms with Gasteiger partial charge < -0.3 is 0 Å². The molecule has 3 aromatic carbocycles. The molecule has 0 unspecified atom stereocenters. The van der Waals surface area contributed by atoms with E-state index < -0.39 is 5.41 Å². The molecule has 3 heterocycles. The van der Waals surface area contributed by atoms with Crippen LogP contribution in [0.5, 0.6) is 0 Å². The topological polar surface area (TPSA) is 80.7 Å². The Kier molecular flexibility index (Phi) is 7.46. The standard InChI is InChI=1S/C38H33ClN4O2/c1-37(2,3)31-20-24-11-6-7-13-29(24)35(44)42(31)28-17-16-26(23-40)27(19-28)22-38(4,5)32-21-25-12-10-14-30(39)34(25)36(45)43(32)33-15-8-9-18-41-33/h6-21H,22H2,1-5H3. The van der Waals surface area contributed by atoms with Gasteiger partial charge in [0.25, 0.3) is 11.1 Å². The average molecular weight is 613 g/mol. The zero-order chi connectivity index (χ0) is 32.1. The van der Waals surface area contributed by atoms with Crippen LogP contribution in [-0.4, -0.2) is 14.1 Å². The molecule has 224 valence electrons. The number of rotatable bonds is 5. The summed E-state index contributed by atoms with van der Waals surface area (Å²) in [5, 5.41) is 13.2. The summed E-state index contributed by atoms with van der Waals surface area (Å²) in [5.74, 6) is 0.485. The van der Waals surface area contributed by atoms with E-state index in [0.717, 1.165) is 27.7 Å². The SMILES string of the molecule is CC(C)(C)c1cc2ccccc2c(=O)n1-c1ccc(C#N)c(CC(C)(C)c2cc3cccc(Cl)c3c(=O)n2-c2ccccn2)c1. The minimum absolute atomic E-state index is 0.108. The highest BCUT2D eigenvalue weighted by Gasteiger charge is 2.30. The molecule has 0 aliphatic rings. The number of nitrogens with zero attached hydrogens (tertiary/aromatic N) is 4. The number of fused-ring (bicyclic) bond motifs is 2. The van der Waals surface area contributed by atoms with Gasteiger partial charge in [0.2, 0.25) is 0 Å². The van der Waals surface area contributed by atoms with Gasteiger partial charge in [-0.3, -0.25) is 18.7 Å². The molecule has 7 heteroatoms. The molecule has 0 bridgehead atoms. The van der Waals surface area contributed by atoms with Crippen molar-refractivity contribution in [1.82, 2.24) is 14.1 Å². The summed E-state index contributed by atoms with van der Waals surface area (Å²) in [5.41, 5.74) is 2.22. The van der Waals surface area contributed by atoms with Gasteiger partial charge in [0.15, 0.2) is 0 Å². The summed E-state index contributed by atoms with van der Waals surface area (Å²) in [7, 11) is 0. The van der Waals surface area contributed by atoms with Gasteiger partial charge in [-0.1, -0.05) is 82.6 Å². The van der Waals surface area contributed by atoms with Gasteiger partial charge in [-0.25, -0.2) is 4.98 Å². The van der Waals surface area contributed by atoms with Gasteiger partial charge in [-0.15, -0.1) is 0 Å². The van der Waals surface area contributed by atoms with Crippen molar-refractivity contribution in [2.75, 3.05) is 0 Å². The number of aromatic nitrogens is 3. The first kappa shape index (κ1) is 30.1. The maximum absolute atomic E-state index is 14.1. The number of nitriles is 1. The Hall–Kier alpha value is -4.99. The second-order valence-electron chi connectivity index (χ2n) is 13.1. The van der Waals surface area contributed by atoms with E-state index in [1.165, 1.54) is 0 Å². The highest BCUT2D eigenvalue weighted by molar-refractivity contribution is 6.35. The molecule has 0 atom stereocenters. The van der Waals surface area contributed by atoms with Gasteiger partial charge in [-0.05, 0) is 77.4 Å². The smallest absolute Gasteiger partial charge is 0.265 e. The van der Waals surface area contributed by atoms with Gasteiger partial charge in [0.1, 0.15) is 5.82 Å². The number of hydrogen-bond acceptors (Lipinski definition) is 4. The maximum Gasteiger partial charge on any atom is 0.265 e. The summed E-state index contributed by atoms with van der Waals surface area (Å²) in [4.78, 5) is 32.6. The molecule has 6 rings (SSSR count). The molecule has 0 radical (unpaired) electrons. The predicted octanol–water partition coefficient (Wildman–Crippen LogP) is 8.03. The van der Waals surface area contributed by atoms with Crippen molar-refractivity contribution in [3.8, 4) is 17.6 Å². The molecule has 45 heavy (non-hydrogen) atoms. The zero-order valence-corrected chi connectivity index (χ0v) is 26.7. The third-order valence-corrected chi connectivity index (χ3v) is 8.68. The van der Waals surface area contributed by atoms with Crippen LogP contribution in [0.2, 0.25) is 5.02 Å². The Morgan fingerprint density at radius 3 is 2.20 bits per heavy atom. The average Bonchev–Trinajstić information content (AvgIpc) is 3.00. The van der Waals surface area contributed by atoms with E-state index in [-0.39, 0.29) is 16.5 Å². The minimum Gasteiger partial charge on any atom is -0.280 e. The third kappa shape index (κ3) is 5.34. The van der Waals surface area contributed by atoms with Crippen LogP contribution < -0.4 is 11.1 Å². The Bertz CT molecular complexity index is 2270. The first-order valence-electron chi connectivity index (χ1n) is 14.9. The summed E-state index contributed by atoms with van der Waals surface area (Å²) in [6, 6.07) is 30.4. The van der Waals surface area contributed by atoms with E-state index in [1.54, 1.807) is 39.6 Å². The van der Waals surface area contributed by atoms with Crippen LogP contribution in [0.25, 0.3) is 33.1 Å². The van der Waals surface area contributed by atoms with Crippen LogP contribution in [0.1, 0.15) is 57.1 Å². The Morgan fingerprint density at radius 2 is 1.49 bits per heavy atom. The second-order valence-corrected chi connectivity index (χ2v) is 13.5. The molecular formula is C38H33ClN4O2. The van der Waals surface area contributed by atoms with Crippen LogP contribution in [-0.2, 0) is 17.3 Å². The molecule has 0 N–H and O–H groups in total. The van der Waals surface area contributed by atoms with Crippen molar-refractivity contribution >= 4 is 33.1 Å². The Morgan fingerprint density at radius 1 is 0.778 bits per heavy atom. The van der Waals surface area contributed by atoms with Crippen molar-refractivity contribution in [3.63, 3.8) is 0 Å².